The van der Waals surface area contributed by atoms with Gasteiger partial charge in [-0.3, -0.25) is 0 Å². The van der Waals surface area contributed by atoms with E-state index in [-0.39, 0.29) is 5.41 Å². The maximum Gasteiger partial charge on any atom is 0.164 e. The summed E-state index contributed by atoms with van der Waals surface area (Å²) >= 11 is 0. The molecule has 0 bridgehead atoms. The van der Waals surface area contributed by atoms with Gasteiger partial charge in [0.1, 0.15) is 0 Å². The molecular weight excluding hydrogens is 609 g/mol. The highest BCUT2D eigenvalue weighted by molar-refractivity contribution is 5.93. The fourth-order valence-electron chi connectivity index (χ4n) is 8.17. The number of hydrogen-bond donors (Lipinski definition) is 0. The van der Waals surface area contributed by atoms with Crippen molar-refractivity contribution in [3.8, 4) is 73.6 Å². The average Bonchev–Trinajstić information content (AvgIpc) is 3.46. The molecule has 238 valence electrons. The van der Waals surface area contributed by atoms with E-state index in [4.69, 9.17) is 15.0 Å². The Morgan fingerprint density at radius 3 is 1.68 bits per heavy atom. The molecule has 4 nitrogen and oxygen atoms in total. The van der Waals surface area contributed by atoms with Gasteiger partial charge in [-0.05, 0) is 75.5 Å². The minimum atomic E-state index is 0.00193. The van der Waals surface area contributed by atoms with Gasteiger partial charge in [0.25, 0.3) is 0 Å². The van der Waals surface area contributed by atoms with Crippen molar-refractivity contribution in [1.82, 2.24) is 15.0 Å². The van der Waals surface area contributed by atoms with Gasteiger partial charge in [-0.1, -0.05) is 147 Å². The van der Waals surface area contributed by atoms with E-state index in [9.17, 15) is 5.26 Å². The molecule has 2 aliphatic rings. The monoisotopic (exact) mass is 642 g/mol. The molecule has 6 aromatic carbocycles. The lowest BCUT2D eigenvalue weighted by Crippen LogP contribution is -2.28. The van der Waals surface area contributed by atoms with Crippen LogP contribution in [0.5, 0.6) is 0 Å². The minimum absolute atomic E-state index is 0.00193. The second kappa shape index (κ2) is 12.4. The second-order valence-electron chi connectivity index (χ2n) is 13.4. The van der Waals surface area contributed by atoms with Gasteiger partial charge in [-0.15, -0.1) is 0 Å². The van der Waals surface area contributed by atoms with Crippen molar-refractivity contribution in [3.63, 3.8) is 0 Å². The molecule has 9 rings (SSSR count). The second-order valence-corrected chi connectivity index (χ2v) is 13.4. The third-order valence-electron chi connectivity index (χ3n) is 10.6. The van der Waals surface area contributed by atoms with Crippen molar-refractivity contribution in [3.05, 3.63) is 162 Å². The van der Waals surface area contributed by atoms with Gasteiger partial charge in [0.05, 0.1) is 11.6 Å². The van der Waals surface area contributed by atoms with Gasteiger partial charge in [-0.25, -0.2) is 15.0 Å². The van der Waals surface area contributed by atoms with Gasteiger partial charge < -0.3 is 0 Å². The maximum atomic E-state index is 9.77. The van der Waals surface area contributed by atoms with Crippen LogP contribution in [0, 0.1) is 11.3 Å². The maximum absolute atomic E-state index is 9.77. The van der Waals surface area contributed by atoms with Crippen molar-refractivity contribution in [2.24, 2.45) is 0 Å². The van der Waals surface area contributed by atoms with Crippen molar-refractivity contribution in [2.45, 2.75) is 37.5 Å². The van der Waals surface area contributed by atoms with Crippen molar-refractivity contribution in [1.29, 1.82) is 5.26 Å². The molecule has 0 radical (unpaired) electrons. The van der Waals surface area contributed by atoms with E-state index in [0.717, 1.165) is 46.2 Å². The summed E-state index contributed by atoms with van der Waals surface area (Å²) in [6, 6.07) is 53.1. The quantitative estimate of drug-likeness (QED) is 0.187. The molecule has 0 atom stereocenters. The predicted molar refractivity (Wildman–Crippen MR) is 201 cm³/mol. The van der Waals surface area contributed by atoms with Gasteiger partial charge in [-0.2, -0.15) is 5.26 Å². The van der Waals surface area contributed by atoms with Crippen LogP contribution in [0.4, 0.5) is 0 Å². The summed E-state index contributed by atoms with van der Waals surface area (Å²) in [5.74, 6) is 1.95. The summed E-state index contributed by atoms with van der Waals surface area (Å²) in [6.07, 6.45) is 6.00. The van der Waals surface area contributed by atoms with E-state index in [1.54, 1.807) is 0 Å². The van der Waals surface area contributed by atoms with E-state index in [1.165, 1.54) is 52.6 Å². The van der Waals surface area contributed by atoms with Gasteiger partial charge >= 0.3 is 0 Å². The molecule has 4 heteroatoms. The van der Waals surface area contributed by atoms with E-state index in [2.05, 4.69) is 84.9 Å². The zero-order chi connectivity index (χ0) is 33.5. The van der Waals surface area contributed by atoms with Gasteiger partial charge in [0, 0.05) is 22.1 Å². The summed E-state index contributed by atoms with van der Waals surface area (Å²) in [7, 11) is 0. The van der Waals surface area contributed by atoms with E-state index in [0.29, 0.717) is 17.5 Å². The van der Waals surface area contributed by atoms with Gasteiger partial charge in [0.2, 0.25) is 0 Å². The van der Waals surface area contributed by atoms with Crippen LogP contribution in [0.1, 0.15) is 48.8 Å². The molecule has 1 saturated carbocycles. The van der Waals surface area contributed by atoms with Crippen LogP contribution in [0.15, 0.2) is 146 Å². The molecule has 2 aliphatic carbocycles. The van der Waals surface area contributed by atoms with Crippen molar-refractivity contribution in [2.75, 3.05) is 0 Å². The number of rotatable bonds is 5. The third kappa shape index (κ3) is 5.11. The molecule has 1 spiro atoms. The van der Waals surface area contributed by atoms with Crippen LogP contribution in [0.3, 0.4) is 0 Å². The number of fused-ring (bicyclic) bond motifs is 5. The first-order chi connectivity index (χ1) is 24.7. The lowest BCUT2D eigenvalue weighted by molar-refractivity contribution is 0.353. The molecule has 0 unspecified atom stereocenters. The summed E-state index contributed by atoms with van der Waals surface area (Å²) in [5.41, 5.74) is 13.7. The molecule has 1 fully saturated rings. The van der Waals surface area contributed by atoms with Crippen LogP contribution in [-0.2, 0) is 5.41 Å². The number of nitrogens with zero attached hydrogens (tertiary/aromatic N) is 4. The Bertz CT molecular complexity index is 2340. The average molecular weight is 643 g/mol. The lowest BCUT2D eigenvalue weighted by atomic mass is 9.67. The molecule has 0 saturated heterocycles. The van der Waals surface area contributed by atoms with Crippen molar-refractivity contribution < 1.29 is 0 Å². The summed E-state index contributed by atoms with van der Waals surface area (Å²) in [6.45, 7) is 0. The lowest BCUT2D eigenvalue weighted by Gasteiger charge is -2.36. The van der Waals surface area contributed by atoms with E-state index >= 15 is 0 Å². The number of aromatic nitrogens is 3. The summed E-state index contributed by atoms with van der Waals surface area (Å²) in [5, 5.41) is 9.77. The smallest absolute Gasteiger partial charge is 0.164 e. The Labute approximate surface area is 292 Å². The topological polar surface area (TPSA) is 62.5 Å². The third-order valence-corrected chi connectivity index (χ3v) is 10.6. The molecule has 0 N–H and O–H groups in total. The Kier molecular flexibility index (Phi) is 7.40. The molecule has 0 aliphatic heterocycles. The van der Waals surface area contributed by atoms with Crippen LogP contribution < -0.4 is 0 Å². The molecule has 0 amide bonds. The van der Waals surface area contributed by atoms with Gasteiger partial charge in [0.15, 0.2) is 17.5 Å². The molecule has 7 aromatic rings. The Morgan fingerprint density at radius 2 is 1.02 bits per heavy atom. The minimum Gasteiger partial charge on any atom is -0.208 e. The summed E-state index contributed by atoms with van der Waals surface area (Å²) in [4.78, 5) is 14.8. The van der Waals surface area contributed by atoms with E-state index < -0.39 is 0 Å². The molecular formula is C46H34N4. The fourth-order valence-corrected chi connectivity index (χ4v) is 8.17. The predicted octanol–water partition coefficient (Wildman–Crippen LogP) is 11.3. The zero-order valence-corrected chi connectivity index (χ0v) is 27.7. The first-order valence-corrected chi connectivity index (χ1v) is 17.5. The Hall–Kier alpha value is -6.18. The molecule has 1 heterocycles. The first kappa shape index (κ1) is 29.9. The number of hydrogen-bond acceptors (Lipinski definition) is 4. The number of nitriles is 1. The fraction of sp³-hybridized carbons (Fsp3) is 0.130. The molecule has 1 aromatic heterocycles. The van der Waals surface area contributed by atoms with Crippen LogP contribution >= 0.6 is 0 Å². The normalized spacial score (nSPS) is 14.1. The highest BCUT2D eigenvalue weighted by Gasteiger charge is 2.44. The SMILES string of the molecule is N#Cc1ccc2c(c1)C1(CCCCC1)c1cccc(-c3ccc(-c4cccc(-c5nc(-c6ccccc6)nc(-c6ccccc6)n5)c4)cc3)c1-2. The standard InChI is InChI=1S/C46H34N4/c47-30-31-20-25-39-41(28-31)46(26-8-3-9-27-46)40-19-11-18-38(42(39)40)33-23-21-32(22-24-33)36-16-10-17-37(29-36)45-49-43(34-12-4-1-5-13-34)48-44(50-45)35-14-6-2-7-15-35/h1-2,4-7,10-25,28-29H,3,8-9,26-27H2. The highest BCUT2D eigenvalue weighted by Crippen LogP contribution is 2.58. The van der Waals surface area contributed by atoms with Crippen LogP contribution in [0.25, 0.3) is 67.5 Å². The first-order valence-electron chi connectivity index (χ1n) is 17.5. The zero-order valence-electron chi connectivity index (χ0n) is 27.7. The Morgan fingerprint density at radius 1 is 0.440 bits per heavy atom. The van der Waals surface area contributed by atoms with Crippen molar-refractivity contribution >= 4 is 0 Å². The van der Waals surface area contributed by atoms with E-state index in [1.807, 2.05) is 66.7 Å². The highest BCUT2D eigenvalue weighted by atomic mass is 15.0. The number of benzene rings is 6. The summed E-state index contributed by atoms with van der Waals surface area (Å²) < 4.78 is 0. The molecule has 50 heavy (non-hydrogen) atoms. The van der Waals surface area contributed by atoms with Crippen LogP contribution in [-0.4, -0.2) is 15.0 Å². The van der Waals surface area contributed by atoms with Crippen LogP contribution in [0.2, 0.25) is 0 Å². The largest absolute Gasteiger partial charge is 0.208 e. The Balaban J connectivity index is 1.09.